The summed E-state index contributed by atoms with van der Waals surface area (Å²) in [5.74, 6) is 2.13. The molecule has 2 aromatic carbocycles. The predicted molar refractivity (Wildman–Crippen MR) is 110 cm³/mol. The highest BCUT2D eigenvalue weighted by Gasteiger charge is 2.56. The summed E-state index contributed by atoms with van der Waals surface area (Å²) in [6.45, 7) is 7.30. The maximum absolute atomic E-state index is 11.6. The maximum atomic E-state index is 11.6. The van der Waals surface area contributed by atoms with Crippen molar-refractivity contribution in [2.24, 2.45) is 23.2 Å². The van der Waals surface area contributed by atoms with Gasteiger partial charge < -0.3 is 10.1 Å². The van der Waals surface area contributed by atoms with Crippen molar-refractivity contribution in [1.82, 2.24) is 0 Å². The van der Waals surface area contributed by atoms with E-state index in [-0.39, 0.29) is 5.97 Å². The highest BCUT2D eigenvalue weighted by Crippen LogP contribution is 2.61. The number of methoxy groups -OCH3 is 1. The summed E-state index contributed by atoms with van der Waals surface area (Å²) in [6, 6.07) is 16.8. The van der Waals surface area contributed by atoms with Gasteiger partial charge in [-0.15, -0.1) is 0 Å². The van der Waals surface area contributed by atoms with Gasteiger partial charge in [-0.2, -0.15) is 0 Å². The number of rotatable bonds is 4. The summed E-state index contributed by atoms with van der Waals surface area (Å²) >= 11 is 0. The number of hydrogen-bond donors (Lipinski definition) is 1. The van der Waals surface area contributed by atoms with Crippen molar-refractivity contribution in [3.63, 3.8) is 0 Å². The van der Waals surface area contributed by atoms with Gasteiger partial charge in [0.15, 0.2) is 0 Å². The number of carbonyl (C=O) groups is 1. The molecule has 2 bridgehead atoms. The number of hydrogen-bond acceptors (Lipinski definition) is 3. The van der Waals surface area contributed by atoms with Crippen LogP contribution in [0, 0.1) is 23.2 Å². The molecule has 27 heavy (non-hydrogen) atoms. The molecule has 5 rings (SSSR count). The van der Waals surface area contributed by atoms with Gasteiger partial charge in [-0.05, 0) is 71.4 Å². The molecule has 3 heteroatoms. The number of anilines is 1. The lowest BCUT2D eigenvalue weighted by Gasteiger charge is -2.62. The van der Waals surface area contributed by atoms with Crippen LogP contribution >= 0.6 is 0 Å². The molecule has 0 unspecified atom stereocenters. The molecule has 0 saturated heterocycles. The standard InChI is InChI=1S/C24H29NO2/c1-15-21-13-19(24(21,2)3)14-22(15)25-20-11-9-17(10-12-20)16-5-7-18(8-6-16)23(26)27-4/h5-12,15,19,21-22,25H,13-14H2,1-4H3/t15-,19-,21-,22-/m1/s1. The van der Waals surface area contributed by atoms with Crippen molar-refractivity contribution in [2.75, 3.05) is 12.4 Å². The number of nitrogens with one attached hydrogen (secondary N) is 1. The molecule has 0 amide bonds. The van der Waals surface area contributed by atoms with Crippen molar-refractivity contribution in [1.29, 1.82) is 0 Å². The maximum Gasteiger partial charge on any atom is 0.337 e. The van der Waals surface area contributed by atoms with E-state index >= 15 is 0 Å². The summed E-state index contributed by atoms with van der Waals surface area (Å²) < 4.78 is 4.75. The second kappa shape index (κ2) is 6.70. The molecule has 2 aromatic rings. The summed E-state index contributed by atoms with van der Waals surface area (Å²) in [5.41, 5.74) is 4.55. The minimum absolute atomic E-state index is 0.302. The zero-order chi connectivity index (χ0) is 19.2. The van der Waals surface area contributed by atoms with Crippen LogP contribution < -0.4 is 5.32 Å². The molecule has 0 radical (unpaired) electrons. The van der Waals surface area contributed by atoms with Gasteiger partial charge in [0, 0.05) is 11.7 Å². The minimum atomic E-state index is -0.302. The van der Waals surface area contributed by atoms with Crippen LogP contribution in [0.15, 0.2) is 48.5 Å². The number of carbonyl (C=O) groups excluding carboxylic acids is 1. The van der Waals surface area contributed by atoms with Crippen molar-refractivity contribution < 1.29 is 9.53 Å². The van der Waals surface area contributed by atoms with Gasteiger partial charge >= 0.3 is 5.97 Å². The summed E-state index contributed by atoms with van der Waals surface area (Å²) in [5, 5.41) is 3.78. The lowest BCUT2D eigenvalue weighted by molar-refractivity contribution is -0.105. The van der Waals surface area contributed by atoms with Crippen molar-refractivity contribution in [3.05, 3.63) is 54.1 Å². The summed E-state index contributed by atoms with van der Waals surface area (Å²) in [4.78, 5) is 11.6. The number of esters is 1. The Morgan fingerprint density at radius 2 is 1.59 bits per heavy atom. The SMILES string of the molecule is COC(=O)c1ccc(-c2ccc(N[C@@H]3C[C@H]4C[C@H]([C@H]3C)C4(C)C)cc2)cc1. The number of benzene rings is 2. The zero-order valence-corrected chi connectivity index (χ0v) is 16.7. The number of ether oxygens (including phenoxy) is 1. The van der Waals surface area contributed by atoms with Crippen LogP contribution in [0.3, 0.4) is 0 Å². The van der Waals surface area contributed by atoms with E-state index in [1.54, 1.807) is 0 Å². The van der Waals surface area contributed by atoms with Crippen LogP contribution in [-0.4, -0.2) is 19.1 Å². The Morgan fingerprint density at radius 1 is 1.00 bits per heavy atom. The van der Waals surface area contributed by atoms with Gasteiger partial charge in [0.1, 0.15) is 0 Å². The molecule has 0 aliphatic heterocycles. The summed E-state index contributed by atoms with van der Waals surface area (Å²) in [7, 11) is 1.40. The van der Waals surface area contributed by atoms with Crippen molar-refractivity contribution >= 4 is 11.7 Å². The first-order chi connectivity index (χ1) is 12.9. The van der Waals surface area contributed by atoms with Crippen molar-refractivity contribution in [2.45, 2.75) is 39.7 Å². The molecule has 3 fully saturated rings. The zero-order valence-electron chi connectivity index (χ0n) is 16.7. The highest BCUT2D eigenvalue weighted by molar-refractivity contribution is 5.90. The fourth-order valence-electron chi connectivity index (χ4n) is 5.23. The van der Waals surface area contributed by atoms with Crippen LogP contribution in [0.2, 0.25) is 0 Å². The van der Waals surface area contributed by atoms with Crippen LogP contribution in [0.4, 0.5) is 5.69 Å². The molecule has 1 N–H and O–H groups in total. The Balaban J connectivity index is 1.43. The van der Waals surface area contributed by atoms with E-state index in [4.69, 9.17) is 4.74 Å². The average molecular weight is 364 g/mol. The van der Waals surface area contributed by atoms with Gasteiger partial charge in [0.2, 0.25) is 0 Å². The van der Waals surface area contributed by atoms with Gasteiger partial charge in [-0.25, -0.2) is 4.79 Å². The lowest BCUT2D eigenvalue weighted by atomic mass is 9.45. The van der Waals surface area contributed by atoms with Crippen LogP contribution in [0.25, 0.3) is 11.1 Å². The topological polar surface area (TPSA) is 38.3 Å². The van der Waals surface area contributed by atoms with Gasteiger partial charge in [0.05, 0.1) is 12.7 Å². The lowest BCUT2D eigenvalue weighted by Crippen LogP contribution is -2.58. The Morgan fingerprint density at radius 3 is 2.11 bits per heavy atom. The molecule has 3 saturated carbocycles. The first kappa shape index (κ1) is 18.1. The molecule has 0 spiro atoms. The first-order valence-corrected chi connectivity index (χ1v) is 9.95. The second-order valence-corrected chi connectivity index (χ2v) is 8.85. The molecule has 0 heterocycles. The third-order valence-corrected chi connectivity index (χ3v) is 7.23. The predicted octanol–water partition coefficient (Wildman–Crippen LogP) is 5.62. The quantitative estimate of drug-likeness (QED) is 0.716. The van der Waals surface area contributed by atoms with E-state index in [9.17, 15) is 4.79 Å². The highest BCUT2D eigenvalue weighted by atomic mass is 16.5. The van der Waals surface area contributed by atoms with Gasteiger partial charge in [-0.3, -0.25) is 0 Å². The molecule has 3 aliphatic rings. The molecule has 3 nitrogen and oxygen atoms in total. The fourth-order valence-corrected chi connectivity index (χ4v) is 5.23. The average Bonchev–Trinajstić information content (AvgIpc) is 2.69. The minimum Gasteiger partial charge on any atom is -0.465 e. The third kappa shape index (κ3) is 3.13. The normalized spacial score (nSPS) is 28.1. The van der Waals surface area contributed by atoms with Crippen molar-refractivity contribution in [3.8, 4) is 11.1 Å². The van der Waals surface area contributed by atoms with Crippen LogP contribution in [0.5, 0.6) is 0 Å². The fraction of sp³-hybridized carbons (Fsp3) is 0.458. The van der Waals surface area contributed by atoms with E-state index in [0.29, 0.717) is 17.0 Å². The smallest absolute Gasteiger partial charge is 0.337 e. The van der Waals surface area contributed by atoms with Crippen LogP contribution in [-0.2, 0) is 4.74 Å². The molecule has 4 atom stereocenters. The second-order valence-electron chi connectivity index (χ2n) is 8.85. The third-order valence-electron chi connectivity index (χ3n) is 7.23. The molecule has 142 valence electrons. The Bertz CT molecular complexity index is 822. The van der Waals surface area contributed by atoms with Gasteiger partial charge in [0.25, 0.3) is 0 Å². The van der Waals surface area contributed by atoms with E-state index < -0.39 is 0 Å². The van der Waals surface area contributed by atoms with E-state index in [1.807, 2.05) is 24.3 Å². The van der Waals surface area contributed by atoms with Gasteiger partial charge in [-0.1, -0.05) is 45.0 Å². The molecular weight excluding hydrogens is 334 g/mol. The number of fused-ring (bicyclic) bond motifs is 2. The Kier molecular flexibility index (Phi) is 4.49. The van der Waals surface area contributed by atoms with E-state index in [2.05, 4.69) is 50.4 Å². The monoisotopic (exact) mass is 363 g/mol. The molecule has 3 aliphatic carbocycles. The molecular formula is C24H29NO2. The molecule has 0 aromatic heterocycles. The van der Waals surface area contributed by atoms with E-state index in [1.165, 1.54) is 25.6 Å². The Hall–Kier alpha value is -2.29. The summed E-state index contributed by atoms with van der Waals surface area (Å²) in [6.07, 6.45) is 2.69. The van der Waals surface area contributed by atoms with E-state index in [0.717, 1.165) is 28.9 Å². The first-order valence-electron chi connectivity index (χ1n) is 9.95. The van der Waals surface area contributed by atoms with Crippen LogP contribution in [0.1, 0.15) is 44.0 Å². The Labute approximate surface area is 162 Å². The largest absolute Gasteiger partial charge is 0.465 e.